The number of rotatable bonds is 4. The van der Waals surface area contributed by atoms with Gasteiger partial charge in [0.15, 0.2) is 0 Å². The second-order valence-electron chi connectivity index (χ2n) is 7.02. The van der Waals surface area contributed by atoms with Gasteiger partial charge in [0.2, 0.25) is 5.91 Å². The van der Waals surface area contributed by atoms with Crippen LogP contribution in [0.5, 0.6) is 0 Å². The normalized spacial score (nSPS) is 17.4. The summed E-state index contributed by atoms with van der Waals surface area (Å²) in [5.74, 6) is 0.0151. The third-order valence-electron chi connectivity index (χ3n) is 5.37. The largest absolute Gasteiger partial charge is 0.338 e. The van der Waals surface area contributed by atoms with Crippen molar-refractivity contribution in [1.82, 2.24) is 14.5 Å². The number of aromatic nitrogens is 2. The number of piperidine rings is 1. The summed E-state index contributed by atoms with van der Waals surface area (Å²) < 4.78 is 1.46. The molecule has 3 heterocycles. The van der Waals surface area contributed by atoms with E-state index in [1.54, 1.807) is 0 Å². The van der Waals surface area contributed by atoms with Crippen LogP contribution in [-0.2, 0) is 11.3 Å². The summed E-state index contributed by atoms with van der Waals surface area (Å²) in [6.45, 7) is 2.96. The quantitative estimate of drug-likeness (QED) is 0.688. The van der Waals surface area contributed by atoms with Crippen LogP contribution in [0.15, 0.2) is 46.8 Å². The van der Waals surface area contributed by atoms with Crippen LogP contribution in [0.3, 0.4) is 0 Å². The SMILES string of the molecule is CC[C@H]1CCCCN1C(=O)Cn1cnc2scc(-c3ccccc3)c2c1=O. The second-order valence-corrected chi connectivity index (χ2v) is 7.88. The summed E-state index contributed by atoms with van der Waals surface area (Å²) in [4.78, 5) is 33.1. The van der Waals surface area contributed by atoms with Crippen molar-refractivity contribution in [2.24, 2.45) is 0 Å². The Kier molecular flexibility index (Phi) is 5.07. The smallest absolute Gasteiger partial charge is 0.263 e. The average Bonchev–Trinajstić information content (AvgIpc) is 3.15. The zero-order chi connectivity index (χ0) is 18.8. The first kappa shape index (κ1) is 17.9. The number of fused-ring (bicyclic) bond motifs is 1. The van der Waals surface area contributed by atoms with E-state index in [2.05, 4.69) is 11.9 Å². The fourth-order valence-electron chi connectivity index (χ4n) is 3.90. The van der Waals surface area contributed by atoms with Crippen molar-refractivity contribution in [2.75, 3.05) is 6.54 Å². The van der Waals surface area contributed by atoms with Crippen molar-refractivity contribution < 1.29 is 4.79 Å². The lowest BCUT2D eigenvalue weighted by Gasteiger charge is -2.35. The number of nitrogens with zero attached hydrogens (tertiary/aromatic N) is 3. The average molecular weight is 382 g/mol. The van der Waals surface area contributed by atoms with Crippen molar-refractivity contribution in [3.8, 4) is 11.1 Å². The highest BCUT2D eigenvalue weighted by Crippen LogP contribution is 2.30. The van der Waals surface area contributed by atoms with Gasteiger partial charge in [-0.2, -0.15) is 0 Å². The van der Waals surface area contributed by atoms with E-state index in [1.807, 2.05) is 40.6 Å². The lowest BCUT2D eigenvalue weighted by Crippen LogP contribution is -2.45. The fraction of sp³-hybridized carbons (Fsp3) is 0.381. The minimum atomic E-state index is -0.140. The van der Waals surface area contributed by atoms with Gasteiger partial charge in [-0.25, -0.2) is 4.98 Å². The Balaban J connectivity index is 1.68. The van der Waals surface area contributed by atoms with Gasteiger partial charge in [-0.15, -0.1) is 11.3 Å². The molecule has 1 aliphatic rings. The summed E-state index contributed by atoms with van der Waals surface area (Å²) in [6, 6.07) is 10.1. The molecular weight excluding hydrogens is 358 g/mol. The molecule has 6 heteroatoms. The number of amides is 1. The van der Waals surface area contributed by atoms with E-state index in [0.29, 0.717) is 16.3 Å². The number of benzene rings is 1. The number of hydrogen-bond acceptors (Lipinski definition) is 4. The molecular formula is C21H23N3O2S. The molecule has 2 aromatic heterocycles. The number of carbonyl (C=O) groups excluding carboxylic acids is 1. The first-order chi connectivity index (χ1) is 13.2. The van der Waals surface area contributed by atoms with Crippen molar-refractivity contribution in [3.05, 3.63) is 52.4 Å². The van der Waals surface area contributed by atoms with Crippen molar-refractivity contribution in [3.63, 3.8) is 0 Å². The van der Waals surface area contributed by atoms with E-state index in [9.17, 15) is 9.59 Å². The van der Waals surface area contributed by atoms with Crippen molar-refractivity contribution in [1.29, 1.82) is 0 Å². The molecule has 1 amide bonds. The third kappa shape index (κ3) is 3.41. The van der Waals surface area contributed by atoms with E-state index in [4.69, 9.17) is 0 Å². The molecule has 3 aromatic rings. The van der Waals surface area contributed by atoms with E-state index in [0.717, 1.165) is 36.9 Å². The number of hydrogen-bond donors (Lipinski definition) is 0. The molecule has 1 aromatic carbocycles. The molecule has 27 heavy (non-hydrogen) atoms. The third-order valence-corrected chi connectivity index (χ3v) is 6.26. The van der Waals surface area contributed by atoms with Crippen LogP contribution >= 0.6 is 11.3 Å². The topological polar surface area (TPSA) is 55.2 Å². The summed E-state index contributed by atoms with van der Waals surface area (Å²) in [6.07, 6.45) is 5.73. The molecule has 0 unspecified atom stereocenters. The summed E-state index contributed by atoms with van der Waals surface area (Å²) >= 11 is 1.46. The van der Waals surface area contributed by atoms with Gasteiger partial charge >= 0.3 is 0 Å². The first-order valence-electron chi connectivity index (χ1n) is 9.50. The van der Waals surface area contributed by atoms with E-state index in [1.165, 1.54) is 28.7 Å². The zero-order valence-electron chi connectivity index (χ0n) is 15.4. The van der Waals surface area contributed by atoms with Gasteiger partial charge in [-0.1, -0.05) is 37.3 Å². The Morgan fingerprint density at radius 1 is 1.26 bits per heavy atom. The lowest BCUT2D eigenvalue weighted by molar-refractivity contribution is -0.135. The van der Waals surface area contributed by atoms with Crippen molar-refractivity contribution >= 4 is 27.5 Å². The van der Waals surface area contributed by atoms with Gasteiger partial charge in [0, 0.05) is 23.5 Å². The van der Waals surface area contributed by atoms with Gasteiger partial charge in [-0.05, 0) is 31.2 Å². The van der Waals surface area contributed by atoms with Gasteiger partial charge in [0.1, 0.15) is 11.4 Å². The Labute approximate surface area is 162 Å². The number of likely N-dealkylation sites (tertiary alicyclic amines) is 1. The molecule has 0 saturated carbocycles. The molecule has 1 atom stereocenters. The second kappa shape index (κ2) is 7.64. The monoisotopic (exact) mass is 381 g/mol. The molecule has 0 radical (unpaired) electrons. The van der Waals surface area contributed by atoms with Crippen LogP contribution in [-0.4, -0.2) is 32.9 Å². The fourth-order valence-corrected chi connectivity index (χ4v) is 4.81. The maximum absolute atomic E-state index is 13.1. The Hall–Kier alpha value is -2.47. The molecule has 140 valence electrons. The zero-order valence-corrected chi connectivity index (χ0v) is 16.2. The molecule has 0 N–H and O–H groups in total. The molecule has 0 aliphatic carbocycles. The minimum Gasteiger partial charge on any atom is -0.338 e. The maximum Gasteiger partial charge on any atom is 0.263 e. The van der Waals surface area contributed by atoms with Gasteiger partial charge in [0.25, 0.3) is 5.56 Å². The van der Waals surface area contributed by atoms with Crippen LogP contribution in [0.1, 0.15) is 32.6 Å². The maximum atomic E-state index is 13.1. The summed E-state index contributed by atoms with van der Waals surface area (Å²) in [5, 5.41) is 2.57. The molecule has 1 fully saturated rings. The Morgan fingerprint density at radius 3 is 2.85 bits per heavy atom. The molecule has 0 spiro atoms. The highest BCUT2D eigenvalue weighted by molar-refractivity contribution is 7.17. The van der Waals surface area contributed by atoms with Crippen molar-refractivity contribution in [2.45, 2.75) is 45.2 Å². The van der Waals surface area contributed by atoms with E-state index in [-0.39, 0.29) is 18.0 Å². The standard InChI is InChI=1S/C21H23N3O2S/c1-2-16-10-6-7-11-24(16)18(25)12-23-14-22-20-19(21(23)26)17(13-27-20)15-8-4-3-5-9-15/h3-5,8-9,13-14,16H,2,6-7,10-12H2,1H3/t16-/m0/s1. The van der Waals surface area contributed by atoms with Crippen LogP contribution in [0.2, 0.25) is 0 Å². The lowest BCUT2D eigenvalue weighted by atomic mass is 10.00. The Bertz CT molecular complexity index is 1010. The predicted octanol–water partition coefficient (Wildman–Crippen LogP) is 3.92. The van der Waals surface area contributed by atoms with Gasteiger partial charge < -0.3 is 4.90 Å². The van der Waals surface area contributed by atoms with Crippen LogP contribution in [0.25, 0.3) is 21.3 Å². The van der Waals surface area contributed by atoms with E-state index < -0.39 is 0 Å². The number of thiophene rings is 1. The van der Waals surface area contributed by atoms with Gasteiger partial charge in [0.05, 0.1) is 11.7 Å². The first-order valence-corrected chi connectivity index (χ1v) is 10.4. The molecule has 1 saturated heterocycles. The summed E-state index contributed by atoms with van der Waals surface area (Å²) in [5.41, 5.74) is 1.74. The molecule has 5 nitrogen and oxygen atoms in total. The van der Waals surface area contributed by atoms with Crippen LogP contribution in [0.4, 0.5) is 0 Å². The minimum absolute atomic E-state index is 0.0151. The molecule has 0 bridgehead atoms. The highest BCUT2D eigenvalue weighted by atomic mass is 32.1. The number of carbonyl (C=O) groups is 1. The van der Waals surface area contributed by atoms with E-state index >= 15 is 0 Å². The van der Waals surface area contributed by atoms with Crippen LogP contribution < -0.4 is 5.56 Å². The van der Waals surface area contributed by atoms with Crippen LogP contribution in [0, 0.1) is 0 Å². The summed E-state index contributed by atoms with van der Waals surface area (Å²) in [7, 11) is 0. The molecule has 4 rings (SSSR count). The Morgan fingerprint density at radius 2 is 2.07 bits per heavy atom. The predicted molar refractivity (Wildman–Crippen MR) is 109 cm³/mol. The highest BCUT2D eigenvalue weighted by Gasteiger charge is 2.26. The van der Waals surface area contributed by atoms with Gasteiger partial charge in [-0.3, -0.25) is 14.2 Å². The molecule has 1 aliphatic heterocycles.